The summed E-state index contributed by atoms with van der Waals surface area (Å²) in [6.45, 7) is 3.08. The highest BCUT2D eigenvalue weighted by Crippen LogP contribution is 2.21. The fourth-order valence-electron chi connectivity index (χ4n) is 3.27. The highest BCUT2D eigenvalue weighted by Gasteiger charge is 2.20. The van der Waals surface area contributed by atoms with E-state index in [-0.39, 0.29) is 39.6 Å². The van der Waals surface area contributed by atoms with Gasteiger partial charge >= 0.3 is 0 Å². The van der Waals surface area contributed by atoms with Crippen LogP contribution in [0.25, 0.3) is 0 Å². The Balaban J connectivity index is 3.43. The van der Waals surface area contributed by atoms with Crippen molar-refractivity contribution >= 4 is 17.8 Å². The fourth-order valence-corrected chi connectivity index (χ4v) is 3.27. The average molecular weight is 475 g/mol. The number of aliphatic hydroxyl groups is 6. The second-order valence-corrected chi connectivity index (χ2v) is 7.66. The molecule has 0 aliphatic heterocycles. The minimum Gasteiger partial charge on any atom is -0.396 e. The Morgan fingerprint density at radius 1 is 0.364 bits per heavy atom. The van der Waals surface area contributed by atoms with Crippen LogP contribution < -0.4 is 14.7 Å². The van der Waals surface area contributed by atoms with E-state index in [0.717, 1.165) is 0 Å². The van der Waals surface area contributed by atoms with Gasteiger partial charge in [-0.1, -0.05) is 0 Å². The Morgan fingerprint density at radius 3 is 0.697 bits per heavy atom. The van der Waals surface area contributed by atoms with E-state index < -0.39 is 0 Å². The van der Waals surface area contributed by atoms with E-state index >= 15 is 0 Å². The van der Waals surface area contributed by atoms with Gasteiger partial charge in [-0.2, -0.15) is 15.0 Å². The van der Waals surface area contributed by atoms with Gasteiger partial charge in [0, 0.05) is 78.9 Å². The second kappa shape index (κ2) is 18.6. The topological polar surface area (TPSA) is 170 Å². The predicted octanol–water partition coefficient (Wildman–Crippen LogP) is -1.41. The lowest BCUT2D eigenvalue weighted by atomic mass is 10.3. The molecule has 0 aromatic carbocycles. The Kier molecular flexibility index (Phi) is 16.4. The van der Waals surface area contributed by atoms with Gasteiger partial charge in [0.1, 0.15) is 0 Å². The van der Waals surface area contributed by atoms with E-state index in [0.29, 0.717) is 95.6 Å². The lowest BCUT2D eigenvalue weighted by molar-refractivity contribution is 0.281. The molecule has 1 rings (SSSR count). The van der Waals surface area contributed by atoms with Crippen molar-refractivity contribution < 1.29 is 30.6 Å². The predicted molar refractivity (Wildman–Crippen MR) is 127 cm³/mol. The second-order valence-electron chi connectivity index (χ2n) is 7.66. The maximum absolute atomic E-state index is 9.32. The molecule has 0 saturated carbocycles. The molecule has 0 aliphatic carbocycles. The van der Waals surface area contributed by atoms with Gasteiger partial charge in [-0.3, -0.25) is 0 Å². The van der Waals surface area contributed by atoms with Gasteiger partial charge in [0.2, 0.25) is 17.8 Å². The molecule has 0 fully saturated rings. The van der Waals surface area contributed by atoms with Crippen LogP contribution in [0.1, 0.15) is 38.5 Å². The van der Waals surface area contributed by atoms with Crippen LogP contribution >= 0.6 is 0 Å². The molecular weight excluding hydrogens is 432 g/mol. The molecule has 192 valence electrons. The molecule has 1 aromatic rings. The van der Waals surface area contributed by atoms with E-state index in [2.05, 4.69) is 15.0 Å². The molecule has 33 heavy (non-hydrogen) atoms. The number of aliphatic hydroxyl groups excluding tert-OH is 6. The van der Waals surface area contributed by atoms with E-state index in [1.54, 1.807) is 0 Å². The molecule has 1 aromatic heterocycles. The third kappa shape index (κ3) is 11.2. The van der Waals surface area contributed by atoms with Gasteiger partial charge in [-0.05, 0) is 38.5 Å². The standard InChI is InChI=1S/C21H42N6O6/c28-13-1-7-25(8-2-14-29)19-22-20(26(9-3-15-30)10-4-16-31)24-21(23-19)27(11-5-17-32)12-6-18-33/h28-33H,1-18H2. The van der Waals surface area contributed by atoms with Gasteiger partial charge < -0.3 is 45.3 Å². The minimum absolute atomic E-state index is 0.0126. The summed E-state index contributed by atoms with van der Waals surface area (Å²) in [5.74, 6) is 1.23. The number of hydrogen-bond acceptors (Lipinski definition) is 12. The zero-order valence-corrected chi connectivity index (χ0v) is 19.6. The van der Waals surface area contributed by atoms with E-state index in [4.69, 9.17) is 0 Å². The van der Waals surface area contributed by atoms with Crippen LogP contribution in [0, 0.1) is 0 Å². The van der Waals surface area contributed by atoms with Crippen molar-refractivity contribution in [3.05, 3.63) is 0 Å². The number of nitrogens with zero attached hydrogens (tertiary/aromatic N) is 6. The van der Waals surface area contributed by atoms with Crippen molar-refractivity contribution in [1.82, 2.24) is 15.0 Å². The maximum atomic E-state index is 9.32. The molecular formula is C21H42N6O6. The first-order valence-electron chi connectivity index (χ1n) is 11.8. The van der Waals surface area contributed by atoms with Crippen LogP contribution in [0.15, 0.2) is 0 Å². The van der Waals surface area contributed by atoms with E-state index in [1.807, 2.05) is 14.7 Å². The Hall–Kier alpha value is -1.83. The number of hydrogen-bond donors (Lipinski definition) is 6. The van der Waals surface area contributed by atoms with Crippen molar-refractivity contribution in [2.24, 2.45) is 0 Å². The lowest BCUT2D eigenvalue weighted by Crippen LogP contribution is -2.35. The summed E-state index contributed by atoms with van der Waals surface area (Å²) in [5.41, 5.74) is 0. The Bertz CT molecular complexity index is 497. The van der Waals surface area contributed by atoms with Crippen LogP contribution in [0.4, 0.5) is 17.8 Å². The largest absolute Gasteiger partial charge is 0.396 e. The van der Waals surface area contributed by atoms with Crippen LogP contribution in [0.2, 0.25) is 0 Å². The first-order chi connectivity index (χ1) is 16.1. The monoisotopic (exact) mass is 474 g/mol. The fraction of sp³-hybridized carbons (Fsp3) is 0.857. The van der Waals surface area contributed by atoms with E-state index in [1.165, 1.54) is 0 Å². The van der Waals surface area contributed by atoms with Crippen molar-refractivity contribution in [3.63, 3.8) is 0 Å². The van der Waals surface area contributed by atoms with Gasteiger partial charge in [0.25, 0.3) is 0 Å². The SMILES string of the molecule is OCCCN(CCCO)c1nc(N(CCCO)CCCO)nc(N(CCCO)CCCO)n1. The number of rotatable bonds is 21. The quantitative estimate of drug-likeness (QED) is 0.123. The summed E-state index contributed by atoms with van der Waals surface area (Å²) >= 11 is 0. The zero-order valence-electron chi connectivity index (χ0n) is 19.6. The van der Waals surface area contributed by atoms with Crippen molar-refractivity contribution in [2.45, 2.75) is 38.5 Å². The molecule has 0 unspecified atom stereocenters. The summed E-state index contributed by atoms with van der Waals surface area (Å²) in [6, 6.07) is 0. The summed E-state index contributed by atoms with van der Waals surface area (Å²) < 4.78 is 0. The van der Waals surface area contributed by atoms with Crippen LogP contribution in [0.5, 0.6) is 0 Å². The highest BCUT2D eigenvalue weighted by atomic mass is 16.3. The Morgan fingerprint density at radius 2 is 0.545 bits per heavy atom. The molecule has 12 heteroatoms. The molecule has 1 heterocycles. The van der Waals surface area contributed by atoms with Gasteiger partial charge in [0.15, 0.2) is 0 Å². The molecule has 6 N–H and O–H groups in total. The first-order valence-corrected chi connectivity index (χ1v) is 11.8. The number of anilines is 3. The number of aromatic nitrogens is 3. The molecule has 0 amide bonds. The smallest absolute Gasteiger partial charge is 0.231 e. The molecule has 0 radical (unpaired) electrons. The zero-order chi connectivity index (χ0) is 24.3. The molecule has 12 nitrogen and oxygen atoms in total. The normalized spacial score (nSPS) is 11.1. The third-order valence-corrected chi connectivity index (χ3v) is 4.97. The summed E-state index contributed by atoms with van der Waals surface area (Å²) in [7, 11) is 0. The van der Waals surface area contributed by atoms with Gasteiger partial charge in [-0.15, -0.1) is 0 Å². The summed E-state index contributed by atoms with van der Waals surface area (Å²) in [4.78, 5) is 19.7. The molecule has 0 atom stereocenters. The van der Waals surface area contributed by atoms with Crippen LogP contribution in [-0.4, -0.2) is 125 Å². The molecule has 0 bridgehead atoms. The van der Waals surface area contributed by atoms with Crippen LogP contribution in [-0.2, 0) is 0 Å². The molecule has 0 aliphatic rings. The van der Waals surface area contributed by atoms with Gasteiger partial charge in [-0.25, -0.2) is 0 Å². The van der Waals surface area contributed by atoms with Crippen molar-refractivity contribution in [1.29, 1.82) is 0 Å². The molecule has 0 saturated heterocycles. The Labute approximate surface area is 196 Å². The van der Waals surface area contributed by atoms with Crippen molar-refractivity contribution in [3.8, 4) is 0 Å². The van der Waals surface area contributed by atoms with Crippen LogP contribution in [0.3, 0.4) is 0 Å². The highest BCUT2D eigenvalue weighted by molar-refractivity contribution is 5.46. The molecule has 0 spiro atoms. The van der Waals surface area contributed by atoms with Crippen molar-refractivity contribution in [2.75, 3.05) is 93.6 Å². The maximum Gasteiger partial charge on any atom is 0.231 e. The summed E-state index contributed by atoms with van der Waals surface area (Å²) in [6.07, 6.45) is 3.08. The third-order valence-electron chi connectivity index (χ3n) is 4.97. The average Bonchev–Trinajstić information content (AvgIpc) is 2.84. The van der Waals surface area contributed by atoms with Gasteiger partial charge in [0.05, 0.1) is 0 Å². The lowest BCUT2D eigenvalue weighted by Gasteiger charge is -2.29. The first kappa shape index (κ1) is 29.2. The summed E-state index contributed by atoms with van der Waals surface area (Å²) in [5, 5.41) is 55.9. The minimum atomic E-state index is 0.0126. The van der Waals surface area contributed by atoms with E-state index in [9.17, 15) is 30.6 Å².